The van der Waals surface area contributed by atoms with Gasteiger partial charge in [-0.1, -0.05) is 30.3 Å². The second-order valence-electron chi connectivity index (χ2n) is 3.92. The Morgan fingerprint density at radius 3 is 2.24 bits per heavy atom. The number of benzene rings is 2. The minimum atomic E-state index is -0.216. The zero-order chi connectivity index (χ0) is 11.5. The first-order valence-corrected chi connectivity index (χ1v) is 5.28. The van der Waals surface area contributed by atoms with Crippen LogP contribution in [0, 0.1) is 5.82 Å². The van der Waals surface area contributed by atoms with Crippen molar-refractivity contribution in [3.05, 3.63) is 59.9 Å². The lowest BCUT2D eigenvalue weighted by Crippen LogP contribution is -2.04. The van der Waals surface area contributed by atoms with E-state index in [1.54, 1.807) is 12.1 Å². The SMILES string of the molecule is C[C@@H](N)c1cccc(-c2ccc(F)cc2)c1.Cl. The maximum Gasteiger partial charge on any atom is 0.123 e. The van der Waals surface area contributed by atoms with Gasteiger partial charge in [-0.2, -0.15) is 0 Å². The van der Waals surface area contributed by atoms with E-state index in [1.807, 2.05) is 31.2 Å². The van der Waals surface area contributed by atoms with E-state index in [2.05, 4.69) is 0 Å². The summed E-state index contributed by atoms with van der Waals surface area (Å²) in [6, 6.07) is 14.5. The van der Waals surface area contributed by atoms with Crippen molar-refractivity contribution >= 4 is 12.4 Å². The van der Waals surface area contributed by atoms with E-state index in [0.717, 1.165) is 16.7 Å². The average molecular weight is 252 g/mol. The summed E-state index contributed by atoms with van der Waals surface area (Å²) in [5, 5.41) is 0. The molecule has 0 fully saturated rings. The molecule has 2 aromatic carbocycles. The third kappa shape index (κ3) is 3.29. The van der Waals surface area contributed by atoms with Crippen LogP contribution in [0.4, 0.5) is 4.39 Å². The highest BCUT2D eigenvalue weighted by Gasteiger charge is 2.02. The van der Waals surface area contributed by atoms with E-state index in [1.165, 1.54) is 12.1 Å². The van der Waals surface area contributed by atoms with Gasteiger partial charge in [0.15, 0.2) is 0 Å². The normalized spacial score (nSPS) is 11.7. The van der Waals surface area contributed by atoms with Crippen molar-refractivity contribution in [1.29, 1.82) is 0 Å². The summed E-state index contributed by atoms with van der Waals surface area (Å²) >= 11 is 0. The molecular weight excluding hydrogens is 237 g/mol. The molecule has 0 saturated heterocycles. The molecule has 0 saturated carbocycles. The van der Waals surface area contributed by atoms with Gasteiger partial charge >= 0.3 is 0 Å². The van der Waals surface area contributed by atoms with Crippen molar-refractivity contribution < 1.29 is 4.39 Å². The second kappa shape index (κ2) is 5.80. The van der Waals surface area contributed by atoms with Gasteiger partial charge in [0.2, 0.25) is 0 Å². The Morgan fingerprint density at radius 2 is 1.65 bits per heavy atom. The molecule has 0 aliphatic carbocycles. The van der Waals surface area contributed by atoms with Gasteiger partial charge in [-0.3, -0.25) is 0 Å². The van der Waals surface area contributed by atoms with E-state index in [0.29, 0.717) is 0 Å². The fraction of sp³-hybridized carbons (Fsp3) is 0.143. The number of halogens is 2. The van der Waals surface area contributed by atoms with Gasteiger partial charge < -0.3 is 5.73 Å². The summed E-state index contributed by atoms with van der Waals surface area (Å²) in [6.07, 6.45) is 0. The number of hydrogen-bond donors (Lipinski definition) is 1. The Hall–Kier alpha value is -1.38. The Balaban J connectivity index is 0.00000144. The molecule has 0 heterocycles. The summed E-state index contributed by atoms with van der Waals surface area (Å²) in [6.45, 7) is 1.95. The maximum atomic E-state index is 12.8. The van der Waals surface area contributed by atoms with Gasteiger partial charge in [-0.25, -0.2) is 4.39 Å². The van der Waals surface area contributed by atoms with Crippen molar-refractivity contribution in [2.24, 2.45) is 5.73 Å². The van der Waals surface area contributed by atoms with Crippen LogP contribution >= 0.6 is 12.4 Å². The highest BCUT2D eigenvalue weighted by atomic mass is 35.5. The molecule has 2 aromatic rings. The molecule has 90 valence electrons. The monoisotopic (exact) mass is 251 g/mol. The first-order valence-electron chi connectivity index (χ1n) is 5.28. The first kappa shape index (κ1) is 13.7. The lowest BCUT2D eigenvalue weighted by molar-refractivity contribution is 0.628. The van der Waals surface area contributed by atoms with Crippen LogP contribution in [-0.2, 0) is 0 Å². The fourth-order valence-corrected chi connectivity index (χ4v) is 1.64. The van der Waals surface area contributed by atoms with Crippen molar-refractivity contribution in [1.82, 2.24) is 0 Å². The largest absolute Gasteiger partial charge is 0.324 e. The zero-order valence-electron chi connectivity index (χ0n) is 9.56. The molecule has 0 aromatic heterocycles. The van der Waals surface area contributed by atoms with Gasteiger partial charge in [0.1, 0.15) is 5.82 Å². The highest BCUT2D eigenvalue weighted by Crippen LogP contribution is 2.22. The quantitative estimate of drug-likeness (QED) is 0.860. The molecule has 0 bridgehead atoms. The van der Waals surface area contributed by atoms with E-state index in [-0.39, 0.29) is 24.3 Å². The van der Waals surface area contributed by atoms with Crippen molar-refractivity contribution in [3.8, 4) is 11.1 Å². The minimum Gasteiger partial charge on any atom is -0.324 e. The van der Waals surface area contributed by atoms with Crippen LogP contribution in [0.3, 0.4) is 0 Å². The standard InChI is InChI=1S/C14H14FN.ClH/c1-10(16)12-3-2-4-13(9-12)11-5-7-14(15)8-6-11;/h2-10H,16H2,1H3;1H/t10-;/m1./s1. The van der Waals surface area contributed by atoms with Gasteiger partial charge in [0, 0.05) is 6.04 Å². The van der Waals surface area contributed by atoms with Crippen LogP contribution in [0.2, 0.25) is 0 Å². The molecular formula is C14H15ClFN. The van der Waals surface area contributed by atoms with Crippen molar-refractivity contribution in [2.45, 2.75) is 13.0 Å². The predicted molar refractivity (Wildman–Crippen MR) is 71.7 cm³/mol. The molecule has 0 radical (unpaired) electrons. The smallest absolute Gasteiger partial charge is 0.123 e. The Morgan fingerprint density at radius 1 is 1.00 bits per heavy atom. The Bertz CT molecular complexity index is 480. The van der Waals surface area contributed by atoms with Crippen molar-refractivity contribution in [3.63, 3.8) is 0 Å². The maximum absolute atomic E-state index is 12.8. The number of nitrogens with two attached hydrogens (primary N) is 1. The fourth-order valence-electron chi connectivity index (χ4n) is 1.64. The molecule has 0 aliphatic rings. The molecule has 17 heavy (non-hydrogen) atoms. The zero-order valence-corrected chi connectivity index (χ0v) is 10.4. The minimum absolute atomic E-state index is 0. The van der Waals surface area contributed by atoms with E-state index in [4.69, 9.17) is 5.73 Å². The molecule has 2 N–H and O–H groups in total. The highest BCUT2D eigenvalue weighted by molar-refractivity contribution is 5.85. The summed E-state index contributed by atoms with van der Waals surface area (Å²) in [7, 11) is 0. The predicted octanol–water partition coefficient (Wildman–Crippen LogP) is 3.93. The third-order valence-electron chi connectivity index (χ3n) is 2.59. The molecule has 0 amide bonds. The van der Waals surface area contributed by atoms with Crippen LogP contribution < -0.4 is 5.73 Å². The lowest BCUT2D eigenvalue weighted by atomic mass is 10.0. The van der Waals surface area contributed by atoms with Gasteiger partial charge in [-0.15, -0.1) is 12.4 Å². The summed E-state index contributed by atoms with van der Waals surface area (Å²) in [4.78, 5) is 0. The summed E-state index contributed by atoms with van der Waals surface area (Å²) < 4.78 is 12.8. The van der Waals surface area contributed by atoms with Gasteiger partial charge in [0.25, 0.3) is 0 Å². The summed E-state index contributed by atoms with van der Waals surface area (Å²) in [5.74, 6) is -0.216. The summed E-state index contributed by atoms with van der Waals surface area (Å²) in [5.41, 5.74) is 8.98. The van der Waals surface area contributed by atoms with Crippen LogP contribution in [0.15, 0.2) is 48.5 Å². The Kier molecular flexibility index (Phi) is 4.67. The lowest BCUT2D eigenvalue weighted by Gasteiger charge is -2.08. The van der Waals surface area contributed by atoms with E-state index in [9.17, 15) is 4.39 Å². The Labute approximate surface area is 107 Å². The molecule has 2 rings (SSSR count). The molecule has 1 nitrogen and oxygen atoms in total. The molecule has 0 spiro atoms. The molecule has 1 atom stereocenters. The van der Waals surface area contributed by atoms with E-state index < -0.39 is 0 Å². The van der Waals surface area contributed by atoms with Gasteiger partial charge in [0.05, 0.1) is 0 Å². The average Bonchev–Trinajstić information content (AvgIpc) is 2.30. The van der Waals surface area contributed by atoms with Crippen LogP contribution in [0.1, 0.15) is 18.5 Å². The van der Waals surface area contributed by atoms with Crippen LogP contribution in [0.5, 0.6) is 0 Å². The van der Waals surface area contributed by atoms with Gasteiger partial charge in [-0.05, 0) is 41.8 Å². The molecule has 3 heteroatoms. The number of rotatable bonds is 2. The topological polar surface area (TPSA) is 26.0 Å². The first-order chi connectivity index (χ1) is 7.66. The van der Waals surface area contributed by atoms with Crippen LogP contribution in [-0.4, -0.2) is 0 Å². The van der Waals surface area contributed by atoms with Crippen LogP contribution in [0.25, 0.3) is 11.1 Å². The van der Waals surface area contributed by atoms with Crippen molar-refractivity contribution in [2.75, 3.05) is 0 Å². The second-order valence-corrected chi connectivity index (χ2v) is 3.92. The molecule has 0 aliphatic heterocycles. The third-order valence-corrected chi connectivity index (χ3v) is 2.59. The van der Waals surface area contributed by atoms with E-state index >= 15 is 0 Å². The molecule has 0 unspecified atom stereocenters. The number of hydrogen-bond acceptors (Lipinski definition) is 1.